The van der Waals surface area contributed by atoms with Crippen molar-refractivity contribution in [3.05, 3.63) is 0 Å². The molecule has 0 radical (unpaired) electrons. The highest BCUT2D eigenvalue weighted by Gasteiger charge is 2.57. The number of hydrogen-bond donors (Lipinski definition) is 0. The fourth-order valence-electron chi connectivity index (χ4n) is 2.38. The van der Waals surface area contributed by atoms with Crippen LogP contribution >= 0.6 is 35.3 Å². The van der Waals surface area contributed by atoms with Crippen molar-refractivity contribution in [3.8, 4) is 0 Å². The second-order valence-corrected chi connectivity index (χ2v) is 6.85. The van der Waals surface area contributed by atoms with Crippen LogP contribution < -0.4 is 0 Å². The lowest BCUT2D eigenvalue weighted by Gasteiger charge is -2.39. The Hall–Kier alpha value is -0.720. The van der Waals surface area contributed by atoms with Gasteiger partial charge in [-0.2, -0.15) is 4.42 Å². The number of nitrogens with zero attached hydrogens (tertiary/aromatic N) is 3. The summed E-state index contributed by atoms with van der Waals surface area (Å²) in [5.74, 6) is -0.904. The van der Waals surface area contributed by atoms with Crippen LogP contribution in [0, 0.1) is 0 Å². The number of amides is 4. The van der Waals surface area contributed by atoms with E-state index in [1.54, 1.807) is 13.8 Å². The van der Waals surface area contributed by atoms with Crippen molar-refractivity contribution in [3.63, 3.8) is 0 Å². The smallest absolute Gasteiger partial charge is 0.274 e. The predicted molar refractivity (Wildman–Crippen MR) is 80.5 cm³/mol. The first-order valence-electron chi connectivity index (χ1n) is 6.48. The van der Waals surface area contributed by atoms with Crippen molar-refractivity contribution in [2.24, 2.45) is 0 Å². The van der Waals surface area contributed by atoms with Crippen LogP contribution in [0.1, 0.15) is 47.0 Å². The van der Waals surface area contributed by atoms with Crippen LogP contribution in [-0.2, 0) is 9.59 Å². The third kappa shape index (κ3) is 3.22. The largest absolute Gasteiger partial charge is 0.357 e. The molecular formula is C12H18Cl3N3O3. The highest BCUT2D eigenvalue weighted by atomic mass is 35.5. The summed E-state index contributed by atoms with van der Waals surface area (Å²) in [5, 5.41) is 0. The van der Waals surface area contributed by atoms with Crippen molar-refractivity contribution in [1.82, 2.24) is 13.3 Å². The fourth-order valence-corrected chi connectivity index (χ4v) is 3.03. The van der Waals surface area contributed by atoms with E-state index in [9.17, 15) is 14.4 Å². The molecule has 6 nitrogen and oxygen atoms in total. The van der Waals surface area contributed by atoms with Gasteiger partial charge in [0.05, 0.1) is 5.54 Å². The van der Waals surface area contributed by atoms with Crippen molar-refractivity contribution in [1.29, 1.82) is 0 Å². The van der Waals surface area contributed by atoms with E-state index in [0.717, 1.165) is 8.84 Å². The van der Waals surface area contributed by atoms with Gasteiger partial charge in [-0.25, -0.2) is 13.6 Å². The molecule has 1 heterocycles. The van der Waals surface area contributed by atoms with Crippen molar-refractivity contribution >= 4 is 53.2 Å². The average molecular weight is 359 g/mol. The fraction of sp³-hybridized carbons (Fsp3) is 0.750. The summed E-state index contributed by atoms with van der Waals surface area (Å²) in [5.41, 5.74) is -2.27. The van der Waals surface area contributed by atoms with Crippen LogP contribution in [0.2, 0.25) is 0 Å². The molecule has 0 bridgehead atoms. The molecule has 1 aliphatic heterocycles. The maximum Gasteiger partial charge on any atom is 0.357 e. The molecule has 21 heavy (non-hydrogen) atoms. The maximum absolute atomic E-state index is 12.1. The van der Waals surface area contributed by atoms with Gasteiger partial charge in [0.15, 0.2) is 0 Å². The first-order valence-corrected chi connectivity index (χ1v) is 7.49. The Morgan fingerprint density at radius 2 is 1.86 bits per heavy atom. The van der Waals surface area contributed by atoms with Crippen molar-refractivity contribution in [2.75, 3.05) is 0 Å². The normalized spacial score (nSPS) is 23.0. The van der Waals surface area contributed by atoms with Gasteiger partial charge in [-0.15, -0.1) is 0 Å². The van der Waals surface area contributed by atoms with E-state index in [4.69, 9.17) is 35.3 Å². The molecule has 1 aliphatic rings. The molecule has 0 aromatic heterocycles. The van der Waals surface area contributed by atoms with Gasteiger partial charge in [-0.3, -0.25) is 9.59 Å². The van der Waals surface area contributed by atoms with Gasteiger partial charge in [0, 0.05) is 48.2 Å². The van der Waals surface area contributed by atoms with Crippen LogP contribution in [-0.4, -0.2) is 42.2 Å². The van der Waals surface area contributed by atoms with Gasteiger partial charge in [-0.1, -0.05) is 6.92 Å². The van der Waals surface area contributed by atoms with E-state index >= 15 is 0 Å². The summed E-state index contributed by atoms with van der Waals surface area (Å²) in [6, 6.07) is -0.817. The van der Waals surface area contributed by atoms with Gasteiger partial charge in [0.25, 0.3) is 5.91 Å². The highest BCUT2D eigenvalue weighted by Crippen LogP contribution is 2.39. The zero-order valence-corrected chi connectivity index (χ0v) is 14.6. The van der Waals surface area contributed by atoms with Crippen LogP contribution in [0.5, 0.6) is 0 Å². The minimum Gasteiger partial charge on any atom is -0.274 e. The van der Waals surface area contributed by atoms with E-state index < -0.39 is 23.0 Å². The lowest BCUT2D eigenvalue weighted by atomic mass is 9.85. The second kappa shape index (κ2) is 6.18. The molecule has 0 saturated carbocycles. The van der Waals surface area contributed by atoms with Crippen molar-refractivity contribution < 1.29 is 14.4 Å². The second-order valence-electron chi connectivity index (χ2n) is 5.84. The number of hydrogen-bond acceptors (Lipinski definition) is 3. The highest BCUT2D eigenvalue weighted by molar-refractivity contribution is 6.39. The molecule has 0 aromatic rings. The zero-order chi connectivity index (χ0) is 16.6. The molecule has 0 N–H and O–H groups in total. The molecule has 1 saturated heterocycles. The number of carbonyl (C=O) groups excluding carboxylic acids is 3. The first kappa shape index (κ1) is 18.3. The van der Waals surface area contributed by atoms with Gasteiger partial charge >= 0.3 is 6.03 Å². The Bertz CT molecular complexity index is 472. The summed E-state index contributed by atoms with van der Waals surface area (Å²) < 4.78 is 2.25. The lowest BCUT2D eigenvalue weighted by Crippen LogP contribution is -2.52. The molecule has 120 valence electrons. The quantitative estimate of drug-likeness (QED) is 0.560. The zero-order valence-electron chi connectivity index (χ0n) is 12.3. The molecule has 1 fully saturated rings. The van der Waals surface area contributed by atoms with Gasteiger partial charge < -0.3 is 0 Å². The SMILES string of the molecule is CCCC(=O)N(Cl)C(C)(C)CC1(C)C(=O)N(Cl)C(=O)N1Cl. The van der Waals surface area contributed by atoms with Gasteiger partial charge in [0.1, 0.15) is 5.54 Å². The Kier molecular flexibility index (Phi) is 5.40. The van der Waals surface area contributed by atoms with E-state index in [1.165, 1.54) is 6.92 Å². The molecule has 1 unspecified atom stereocenters. The third-order valence-electron chi connectivity index (χ3n) is 3.40. The minimum absolute atomic E-state index is 0.0518. The maximum atomic E-state index is 12.1. The van der Waals surface area contributed by atoms with E-state index in [2.05, 4.69) is 0 Å². The summed E-state index contributed by atoms with van der Waals surface area (Å²) >= 11 is 17.6. The number of halogens is 3. The molecule has 0 spiro atoms. The summed E-state index contributed by atoms with van der Waals surface area (Å²) in [7, 11) is 0. The Morgan fingerprint density at radius 3 is 2.24 bits per heavy atom. The van der Waals surface area contributed by atoms with E-state index in [0.29, 0.717) is 17.3 Å². The molecule has 1 atom stereocenters. The molecule has 4 amide bonds. The molecule has 0 aromatic carbocycles. The van der Waals surface area contributed by atoms with Crippen molar-refractivity contribution in [2.45, 2.75) is 58.0 Å². The topological polar surface area (TPSA) is 60.9 Å². The van der Waals surface area contributed by atoms with E-state index in [1.807, 2.05) is 6.92 Å². The summed E-state index contributed by atoms with van der Waals surface area (Å²) in [6.07, 6.45) is 1.00. The van der Waals surface area contributed by atoms with Crippen LogP contribution in [0.3, 0.4) is 0 Å². The molecule has 1 rings (SSSR count). The minimum atomic E-state index is -1.37. The number of urea groups is 1. The molecule has 0 aliphatic carbocycles. The third-order valence-corrected chi connectivity index (χ3v) is 4.86. The standard InChI is InChI=1S/C12H18Cl3N3O3/c1-5-6-8(19)17(14)11(2,3)7-12(4)9(20)16(13)10(21)18(12)15/h5-7H2,1-4H3. The Labute approximate surface area is 139 Å². The van der Waals surface area contributed by atoms with Crippen LogP contribution in [0.15, 0.2) is 0 Å². The van der Waals surface area contributed by atoms with E-state index in [-0.39, 0.29) is 12.3 Å². The average Bonchev–Trinajstić information content (AvgIpc) is 2.54. The Morgan fingerprint density at radius 1 is 1.33 bits per heavy atom. The van der Waals surface area contributed by atoms with Crippen LogP contribution in [0.25, 0.3) is 0 Å². The molecule has 9 heteroatoms. The summed E-state index contributed by atoms with van der Waals surface area (Å²) in [6.45, 7) is 6.73. The summed E-state index contributed by atoms with van der Waals surface area (Å²) in [4.78, 5) is 35.7. The number of imide groups is 1. The van der Waals surface area contributed by atoms with Crippen LogP contribution in [0.4, 0.5) is 4.79 Å². The predicted octanol–water partition coefficient (Wildman–Crippen LogP) is 3.27. The molecular weight excluding hydrogens is 341 g/mol. The first-order chi connectivity index (χ1) is 9.49. The monoisotopic (exact) mass is 357 g/mol. The van der Waals surface area contributed by atoms with Gasteiger partial charge in [0.2, 0.25) is 5.91 Å². The van der Waals surface area contributed by atoms with Gasteiger partial charge in [-0.05, 0) is 27.2 Å². The number of rotatable bonds is 5. The number of carbonyl (C=O) groups is 3. The Balaban J connectivity index is 3.00. The lowest BCUT2D eigenvalue weighted by molar-refractivity contribution is -0.134.